The molecule has 1 amide bonds. The van der Waals surface area contributed by atoms with Crippen LogP contribution < -0.4 is 15.8 Å². The number of rotatable bonds is 4. The Kier molecular flexibility index (Phi) is 4.88. The molecule has 1 aromatic rings. The Hall–Kier alpha value is -1.55. The molecule has 0 bridgehead atoms. The van der Waals surface area contributed by atoms with E-state index < -0.39 is 0 Å². The fraction of sp³-hybridized carbons (Fsp3) is 0.588. The highest BCUT2D eigenvalue weighted by molar-refractivity contribution is 5.78. The molecule has 4 heteroatoms. The van der Waals surface area contributed by atoms with Gasteiger partial charge in [0, 0.05) is 29.5 Å². The molecule has 1 aromatic carbocycles. The predicted molar refractivity (Wildman–Crippen MR) is 84.2 cm³/mol. The first-order valence-electron chi connectivity index (χ1n) is 7.77. The highest BCUT2D eigenvalue weighted by atomic mass is 16.5. The number of benzene rings is 1. The molecule has 1 aliphatic heterocycles. The van der Waals surface area contributed by atoms with E-state index >= 15 is 0 Å². The zero-order chi connectivity index (χ0) is 15.6. The average molecular weight is 290 g/mol. The number of nitrogens with two attached hydrogens (primary N) is 1. The summed E-state index contributed by atoms with van der Waals surface area (Å²) in [6.45, 7) is 8.55. The molecule has 21 heavy (non-hydrogen) atoms. The van der Waals surface area contributed by atoms with Gasteiger partial charge in [-0.25, -0.2) is 0 Å². The summed E-state index contributed by atoms with van der Waals surface area (Å²) in [4.78, 5) is 12.0. The van der Waals surface area contributed by atoms with Crippen LogP contribution in [0.4, 0.5) is 0 Å². The van der Waals surface area contributed by atoms with E-state index in [2.05, 4.69) is 31.3 Å². The van der Waals surface area contributed by atoms with Gasteiger partial charge in [-0.1, -0.05) is 38.5 Å². The van der Waals surface area contributed by atoms with Crippen LogP contribution in [0.15, 0.2) is 12.1 Å². The van der Waals surface area contributed by atoms with Crippen LogP contribution in [0.2, 0.25) is 0 Å². The number of carbonyl (C=O) groups is 1. The zero-order valence-electron chi connectivity index (χ0n) is 13.4. The molecular weight excluding hydrogens is 264 g/mol. The van der Waals surface area contributed by atoms with Crippen molar-refractivity contribution in [2.75, 3.05) is 6.61 Å². The van der Waals surface area contributed by atoms with Gasteiger partial charge in [0.05, 0.1) is 12.6 Å². The van der Waals surface area contributed by atoms with Crippen molar-refractivity contribution in [3.8, 4) is 5.75 Å². The van der Waals surface area contributed by atoms with E-state index in [1.165, 1.54) is 0 Å². The van der Waals surface area contributed by atoms with E-state index in [-0.39, 0.29) is 23.9 Å². The van der Waals surface area contributed by atoms with Crippen molar-refractivity contribution in [1.82, 2.24) is 5.32 Å². The highest BCUT2D eigenvalue weighted by Gasteiger charge is 2.27. The largest absolute Gasteiger partial charge is 0.493 e. The van der Waals surface area contributed by atoms with Crippen LogP contribution in [-0.4, -0.2) is 12.5 Å². The maximum Gasteiger partial charge on any atom is 0.223 e. The Balaban J connectivity index is 2.38. The predicted octanol–water partition coefficient (Wildman–Crippen LogP) is 3.00. The third-order valence-electron chi connectivity index (χ3n) is 4.00. The number of hydrogen-bond acceptors (Lipinski definition) is 3. The smallest absolute Gasteiger partial charge is 0.223 e. The molecular formula is C17H26N2O2. The van der Waals surface area contributed by atoms with Gasteiger partial charge >= 0.3 is 0 Å². The lowest BCUT2D eigenvalue weighted by atomic mass is 9.91. The first kappa shape index (κ1) is 15.8. The van der Waals surface area contributed by atoms with E-state index in [0.717, 1.165) is 35.3 Å². The average Bonchev–Trinajstić information content (AvgIpc) is 2.46. The summed E-state index contributed by atoms with van der Waals surface area (Å²) in [6.07, 6.45) is 1.66. The van der Waals surface area contributed by atoms with Crippen molar-refractivity contribution in [3.05, 3.63) is 28.8 Å². The maximum atomic E-state index is 12.0. The fourth-order valence-corrected chi connectivity index (χ4v) is 2.67. The Labute approximate surface area is 127 Å². The molecule has 0 spiro atoms. The third-order valence-corrected chi connectivity index (χ3v) is 4.00. The second kappa shape index (κ2) is 6.48. The van der Waals surface area contributed by atoms with Gasteiger partial charge in [-0.3, -0.25) is 4.79 Å². The number of ether oxygens (including phenoxy) is 1. The van der Waals surface area contributed by atoms with Crippen LogP contribution in [0, 0.1) is 12.8 Å². The molecule has 3 N–H and O–H groups in total. The number of nitrogens with one attached hydrogen (secondary N) is 1. The quantitative estimate of drug-likeness (QED) is 0.896. The lowest BCUT2D eigenvalue weighted by Crippen LogP contribution is -2.35. The lowest BCUT2D eigenvalue weighted by Gasteiger charge is -2.30. The number of hydrogen-bond donors (Lipinski definition) is 2. The summed E-state index contributed by atoms with van der Waals surface area (Å²) in [5, 5.41) is 3.13. The van der Waals surface area contributed by atoms with Gasteiger partial charge in [0.25, 0.3) is 0 Å². The van der Waals surface area contributed by atoms with E-state index in [1.54, 1.807) is 0 Å². The van der Waals surface area contributed by atoms with Crippen LogP contribution in [0.25, 0.3) is 0 Å². The molecule has 2 unspecified atom stereocenters. The van der Waals surface area contributed by atoms with Crippen LogP contribution in [-0.2, 0) is 4.79 Å². The van der Waals surface area contributed by atoms with E-state index in [0.29, 0.717) is 6.61 Å². The Morgan fingerprint density at radius 3 is 2.81 bits per heavy atom. The summed E-state index contributed by atoms with van der Waals surface area (Å²) >= 11 is 0. The van der Waals surface area contributed by atoms with Crippen LogP contribution in [0.5, 0.6) is 5.75 Å². The van der Waals surface area contributed by atoms with E-state index in [1.807, 2.05) is 13.8 Å². The third kappa shape index (κ3) is 3.38. The highest BCUT2D eigenvalue weighted by Crippen LogP contribution is 2.39. The molecule has 0 saturated carbocycles. The van der Waals surface area contributed by atoms with Crippen molar-refractivity contribution in [1.29, 1.82) is 0 Å². The number of fused-ring (bicyclic) bond motifs is 1. The number of aryl methyl sites for hydroxylation is 1. The van der Waals surface area contributed by atoms with Gasteiger partial charge in [0.1, 0.15) is 5.75 Å². The molecule has 0 aliphatic carbocycles. The molecule has 1 aliphatic rings. The molecule has 116 valence electrons. The number of amides is 1. The van der Waals surface area contributed by atoms with Crippen molar-refractivity contribution in [2.24, 2.45) is 11.7 Å². The maximum absolute atomic E-state index is 12.0. The minimum atomic E-state index is -0.0294. The normalized spacial score (nSPS) is 18.9. The molecule has 2 atom stereocenters. The van der Waals surface area contributed by atoms with Crippen LogP contribution in [0.3, 0.4) is 0 Å². The standard InChI is InChI=1S/C17H26N2O2/c1-5-14(18)12-8-11(4)9-13-15(6-7-21-16(12)13)19-17(20)10(2)3/h8-10,14-15H,5-7,18H2,1-4H3,(H,19,20). The second-order valence-electron chi connectivity index (χ2n) is 6.14. The first-order chi connectivity index (χ1) is 9.93. The minimum Gasteiger partial charge on any atom is -0.493 e. The molecule has 1 heterocycles. The topological polar surface area (TPSA) is 64.3 Å². The second-order valence-corrected chi connectivity index (χ2v) is 6.14. The molecule has 0 radical (unpaired) electrons. The molecule has 0 fully saturated rings. The summed E-state index contributed by atoms with van der Waals surface area (Å²) in [6, 6.07) is 4.19. The Morgan fingerprint density at radius 1 is 1.48 bits per heavy atom. The van der Waals surface area contributed by atoms with Gasteiger partial charge in [-0.15, -0.1) is 0 Å². The number of carbonyl (C=O) groups excluding carboxylic acids is 1. The first-order valence-corrected chi connectivity index (χ1v) is 7.77. The van der Waals surface area contributed by atoms with E-state index in [9.17, 15) is 4.79 Å². The van der Waals surface area contributed by atoms with E-state index in [4.69, 9.17) is 10.5 Å². The fourth-order valence-electron chi connectivity index (χ4n) is 2.67. The lowest BCUT2D eigenvalue weighted by molar-refractivity contribution is -0.124. The Morgan fingerprint density at radius 2 is 2.19 bits per heavy atom. The van der Waals surface area contributed by atoms with Crippen molar-refractivity contribution < 1.29 is 9.53 Å². The summed E-state index contributed by atoms with van der Waals surface area (Å²) in [5.74, 6) is 0.935. The van der Waals surface area contributed by atoms with Gasteiger partial charge in [-0.2, -0.15) is 0 Å². The van der Waals surface area contributed by atoms with Crippen molar-refractivity contribution >= 4 is 5.91 Å². The molecule has 2 rings (SSSR count). The van der Waals surface area contributed by atoms with Gasteiger partial charge in [0.15, 0.2) is 0 Å². The van der Waals surface area contributed by atoms with Crippen LogP contribution >= 0.6 is 0 Å². The monoisotopic (exact) mass is 290 g/mol. The minimum absolute atomic E-state index is 0.0153. The Bertz CT molecular complexity index is 526. The summed E-state index contributed by atoms with van der Waals surface area (Å²) < 4.78 is 5.87. The molecule has 0 saturated heterocycles. The SMILES string of the molecule is CCC(N)c1cc(C)cc2c1OCCC2NC(=O)C(C)C. The zero-order valence-corrected chi connectivity index (χ0v) is 13.4. The summed E-state index contributed by atoms with van der Waals surface area (Å²) in [5.41, 5.74) is 9.49. The van der Waals surface area contributed by atoms with Crippen molar-refractivity contribution in [2.45, 2.75) is 52.6 Å². The van der Waals surface area contributed by atoms with Gasteiger partial charge in [0.2, 0.25) is 5.91 Å². The van der Waals surface area contributed by atoms with Crippen molar-refractivity contribution in [3.63, 3.8) is 0 Å². The molecule has 4 nitrogen and oxygen atoms in total. The van der Waals surface area contributed by atoms with Gasteiger partial charge in [-0.05, 0) is 13.3 Å². The van der Waals surface area contributed by atoms with Crippen LogP contribution in [0.1, 0.15) is 62.4 Å². The molecule has 0 aromatic heterocycles. The van der Waals surface area contributed by atoms with Gasteiger partial charge < -0.3 is 15.8 Å². The summed E-state index contributed by atoms with van der Waals surface area (Å²) in [7, 11) is 0.